The van der Waals surface area contributed by atoms with Crippen molar-refractivity contribution in [1.82, 2.24) is 4.57 Å². The number of anilines is 3. The number of aromatic nitrogens is 1. The Balaban J connectivity index is 0.979. The minimum Gasteiger partial charge on any atom is -0.310 e. The van der Waals surface area contributed by atoms with Crippen molar-refractivity contribution in [2.75, 3.05) is 4.90 Å². The van der Waals surface area contributed by atoms with E-state index in [0.29, 0.717) is 22.3 Å². The molecule has 0 saturated carbocycles. The van der Waals surface area contributed by atoms with Crippen LogP contribution in [0.4, 0.5) is 17.1 Å². The van der Waals surface area contributed by atoms with Crippen molar-refractivity contribution < 1.29 is 0 Å². The molecule has 11 aromatic rings. The average molecular weight is 927 g/mol. The van der Waals surface area contributed by atoms with Crippen molar-refractivity contribution in [1.29, 1.82) is 0 Å². The predicted octanol–water partition coefficient (Wildman–Crippen LogP) is 17.2. The van der Waals surface area contributed by atoms with Gasteiger partial charge >= 0.3 is 0 Å². The van der Waals surface area contributed by atoms with Gasteiger partial charge in [0.1, 0.15) is 0 Å². The van der Waals surface area contributed by atoms with E-state index >= 15 is 0 Å². The Bertz CT molecular complexity index is 4100. The Morgan fingerprint density at radius 1 is 0.356 bits per heavy atom. The SMILES string of the molecule is C#Cc1cccc(-c2cc(-c3ccc(N(c4ccc(-c5ccc6c(c5)c5ccccc5n6-c5ccccc5)cc4)c4ccc5c(c4)C(C)(C)c4ccccc4-5)cc3)cc(-c3cccc(C#C)c3C#C)c2)c1C#C. The van der Waals surface area contributed by atoms with Crippen LogP contribution in [-0.2, 0) is 5.41 Å². The standard InChI is InChI=1S/C71H46N2/c1-7-47-20-18-26-61(59(47)9-3)53-42-52(43-54(44-53)62-27-19-21-48(8-2)60(62)10-4)50-32-37-57(38-33-50)72(58-39-40-64-63-24-14-16-28-67(63)71(5,6)68(64)46-58)56-35-30-49(31-36-56)51-34-41-70-66(45-51)65-25-15-17-29-69(65)73(70)55-22-12-11-13-23-55/h1-4,11-46H,5-6H3. The first-order chi connectivity index (χ1) is 35.8. The van der Waals surface area contributed by atoms with E-state index in [2.05, 4.69) is 229 Å². The molecule has 0 unspecified atom stereocenters. The van der Waals surface area contributed by atoms with Gasteiger partial charge in [0.2, 0.25) is 0 Å². The van der Waals surface area contributed by atoms with Gasteiger partial charge in [0, 0.05) is 61.2 Å². The zero-order valence-electron chi connectivity index (χ0n) is 40.5. The third kappa shape index (κ3) is 7.38. The lowest BCUT2D eigenvalue weighted by molar-refractivity contribution is 0.660. The summed E-state index contributed by atoms with van der Waals surface area (Å²) < 4.78 is 2.36. The van der Waals surface area contributed by atoms with Gasteiger partial charge in [0.15, 0.2) is 0 Å². The maximum absolute atomic E-state index is 6.15. The Kier molecular flexibility index (Phi) is 10.8. The molecule has 0 spiro atoms. The summed E-state index contributed by atoms with van der Waals surface area (Å²) >= 11 is 0. The van der Waals surface area contributed by atoms with E-state index in [-0.39, 0.29) is 5.41 Å². The number of hydrogen-bond acceptors (Lipinski definition) is 1. The van der Waals surface area contributed by atoms with Gasteiger partial charge in [-0.15, -0.1) is 25.7 Å². The molecule has 2 nitrogen and oxygen atoms in total. The van der Waals surface area contributed by atoms with Crippen molar-refractivity contribution in [2.45, 2.75) is 19.3 Å². The van der Waals surface area contributed by atoms with Crippen LogP contribution < -0.4 is 4.90 Å². The number of nitrogens with zero attached hydrogens (tertiary/aromatic N) is 2. The Hall–Kier alpha value is -9.96. The summed E-state index contributed by atoms with van der Waals surface area (Å²) in [6, 6.07) is 77.7. The topological polar surface area (TPSA) is 8.17 Å². The summed E-state index contributed by atoms with van der Waals surface area (Å²) in [4.78, 5) is 2.36. The van der Waals surface area contributed by atoms with Crippen LogP contribution in [0.2, 0.25) is 0 Å². The highest BCUT2D eigenvalue weighted by Crippen LogP contribution is 2.51. The molecule has 12 rings (SSSR count). The predicted molar refractivity (Wildman–Crippen MR) is 307 cm³/mol. The van der Waals surface area contributed by atoms with Gasteiger partial charge in [-0.3, -0.25) is 0 Å². The van der Waals surface area contributed by atoms with Crippen LogP contribution in [0.5, 0.6) is 0 Å². The highest BCUT2D eigenvalue weighted by atomic mass is 15.1. The maximum atomic E-state index is 6.15. The van der Waals surface area contributed by atoms with Crippen LogP contribution in [-0.4, -0.2) is 4.57 Å². The molecule has 1 heterocycles. The second kappa shape index (κ2) is 17.8. The van der Waals surface area contributed by atoms with Crippen LogP contribution >= 0.6 is 0 Å². The molecule has 2 heteroatoms. The van der Waals surface area contributed by atoms with Crippen molar-refractivity contribution in [3.63, 3.8) is 0 Å². The minimum absolute atomic E-state index is 0.176. The number of terminal acetylenes is 4. The summed E-state index contributed by atoms with van der Waals surface area (Å²) in [7, 11) is 0. The first-order valence-corrected chi connectivity index (χ1v) is 24.4. The fraction of sp³-hybridized carbons (Fsp3) is 0.0423. The van der Waals surface area contributed by atoms with Crippen LogP contribution in [0.1, 0.15) is 47.2 Å². The molecule has 0 N–H and O–H groups in total. The van der Waals surface area contributed by atoms with Crippen LogP contribution in [0.15, 0.2) is 218 Å². The van der Waals surface area contributed by atoms with E-state index in [0.717, 1.165) is 67.3 Å². The number of benzene rings is 10. The maximum Gasteiger partial charge on any atom is 0.0541 e. The van der Waals surface area contributed by atoms with Gasteiger partial charge in [-0.1, -0.05) is 159 Å². The summed E-state index contributed by atoms with van der Waals surface area (Å²) in [5, 5.41) is 2.45. The first-order valence-electron chi connectivity index (χ1n) is 24.4. The molecule has 1 aliphatic carbocycles. The lowest BCUT2D eigenvalue weighted by atomic mass is 9.82. The van der Waals surface area contributed by atoms with Crippen LogP contribution in [0, 0.1) is 49.4 Å². The molecular formula is C71H46N2. The zero-order valence-corrected chi connectivity index (χ0v) is 40.5. The minimum atomic E-state index is -0.176. The van der Waals surface area contributed by atoms with Crippen LogP contribution in [0.3, 0.4) is 0 Å². The molecule has 10 aromatic carbocycles. The lowest BCUT2D eigenvalue weighted by Gasteiger charge is -2.28. The second-order valence-corrected chi connectivity index (χ2v) is 19.1. The summed E-state index contributed by atoms with van der Waals surface area (Å²) in [6.45, 7) is 4.66. The fourth-order valence-electron chi connectivity index (χ4n) is 11.1. The largest absolute Gasteiger partial charge is 0.310 e. The fourth-order valence-corrected chi connectivity index (χ4v) is 11.1. The normalized spacial score (nSPS) is 12.0. The van der Waals surface area contributed by atoms with E-state index in [9.17, 15) is 0 Å². The first kappa shape index (κ1) is 44.3. The van der Waals surface area contributed by atoms with Crippen molar-refractivity contribution >= 4 is 38.9 Å². The van der Waals surface area contributed by atoms with Crippen molar-refractivity contribution in [3.8, 4) is 111 Å². The Labute approximate surface area is 427 Å². The average Bonchev–Trinajstić information content (AvgIpc) is 3.90. The van der Waals surface area contributed by atoms with Gasteiger partial charge < -0.3 is 9.47 Å². The molecule has 0 aliphatic heterocycles. The third-order valence-electron chi connectivity index (χ3n) is 14.7. The molecule has 1 aliphatic rings. The summed E-state index contributed by atoms with van der Waals surface area (Å²) in [5.74, 6) is 11.3. The number of hydrogen-bond donors (Lipinski definition) is 0. The van der Waals surface area contributed by atoms with Gasteiger partial charge in [-0.05, 0) is 164 Å². The van der Waals surface area contributed by atoms with E-state index in [1.54, 1.807) is 0 Å². The van der Waals surface area contributed by atoms with Gasteiger partial charge in [-0.2, -0.15) is 0 Å². The van der Waals surface area contributed by atoms with E-state index in [4.69, 9.17) is 25.7 Å². The zero-order chi connectivity index (χ0) is 49.8. The quantitative estimate of drug-likeness (QED) is 0.138. The highest BCUT2D eigenvalue weighted by Gasteiger charge is 2.36. The monoisotopic (exact) mass is 926 g/mol. The summed E-state index contributed by atoms with van der Waals surface area (Å²) in [5.41, 5.74) is 22.2. The number of rotatable bonds is 8. The molecule has 0 amide bonds. The van der Waals surface area contributed by atoms with Crippen molar-refractivity contribution in [2.24, 2.45) is 0 Å². The number of fused-ring (bicyclic) bond motifs is 6. The molecule has 0 bridgehead atoms. The third-order valence-corrected chi connectivity index (χ3v) is 14.7. The van der Waals surface area contributed by atoms with Crippen LogP contribution in [0.25, 0.3) is 83.1 Å². The lowest BCUT2D eigenvalue weighted by Crippen LogP contribution is -2.16. The molecule has 340 valence electrons. The molecule has 0 atom stereocenters. The smallest absolute Gasteiger partial charge is 0.0541 e. The molecule has 1 aromatic heterocycles. The van der Waals surface area contributed by atoms with Gasteiger partial charge in [0.25, 0.3) is 0 Å². The highest BCUT2D eigenvalue weighted by molar-refractivity contribution is 6.10. The molecule has 0 saturated heterocycles. The summed E-state index contributed by atoms with van der Waals surface area (Å²) in [6.07, 6.45) is 24.2. The van der Waals surface area contributed by atoms with E-state index in [1.807, 2.05) is 36.4 Å². The van der Waals surface area contributed by atoms with Gasteiger partial charge in [0.05, 0.1) is 11.0 Å². The molecular weight excluding hydrogens is 881 g/mol. The molecule has 0 radical (unpaired) electrons. The van der Waals surface area contributed by atoms with E-state index < -0.39 is 0 Å². The molecule has 73 heavy (non-hydrogen) atoms. The number of para-hydroxylation sites is 2. The Morgan fingerprint density at radius 3 is 1.49 bits per heavy atom. The van der Waals surface area contributed by atoms with Crippen molar-refractivity contribution in [3.05, 3.63) is 252 Å². The Morgan fingerprint density at radius 2 is 0.863 bits per heavy atom. The second-order valence-electron chi connectivity index (χ2n) is 19.1. The van der Waals surface area contributed by atoms with E-state index in [1.165, 1.54) is 44.1 Å². The molecule has 0 fully saturated rings. The van der Waals surface area contributed by atoms with Gasteiger partial charge in [-0.25, -0.2) is 0 Å².